The molecule has 0 saturated carbocycles. The maximum Gasteiger partial charge on any atom is 0.452 e. The molecule has 22 heavy (non-hydrogen) atoms. The van der Waals surface area contributed by atoms with Gasteiger partial charge in [0.2, 0.25) is 10.9 Å². The molecule has 2 aromatic rings. The predicted octanol–water partition coefficient (Wildman–Crippen LogP) is 1.88. The van der Waals surface area contributed by atoms with Crippen LogP contribution in [0.3, 0.4) is 0 Å². The average Bonchev–Trinajstić information content (AvgIpc) is 3.07. The van der Waals surface area contributed by atoms with Crippen molar-refractivity contribution in [1.29, 1.82) is 0 Å². The van der Waals surface area contributed by atoms with Crippen LogP contribution in [-0.4, -0.2) is 33.8 Å². The fraction of sp³-hybridized carbons (Fsp3) is 0.364. The molecule has 0 fully saturated rings. The zero-order valence-electron chi connectivity index (χ0n) is 11.2. The van der Waals surface area contributed by atoms with Crippen LogP contribution < -0.4 is 4.72 Å². The van der Waals surface area contributed by atoms with Gasteiger partial charge in [-0.15, -0.1) is 0 Å². The Morgan fingerprint density at radius 1 is 1.36 bits per heavy atom. The second-order valence-corrected chi connectivity index (χ2v) is 5.78. The van der Waals surface area contributed by atoms with Gasteiger partial charge in [0, 0.05) is 19.7 Å². The summed E-state index contributed by atoms with van der Waals surface area (Å²) in [5.41, 5.74) is -0.259. The second-order valence-electron chi connectivity index (χ2n) is 4.08. The van der Waals surface area contributed by atoms with Crippen molar-refractivity contribution in [3.63, 3.8) is 0 Å². The van der Waals surface area contributed by atoms with Gasteiger partial charge in [-0.2, -0.15) is 13.2 Å². The van der Waals surface area contributed by atoms with Crippen LogP contribution in [0.15, 0.2) is 32.2 Å². The topological polar surface area (TPSA) is 94.6 Å². The van der Waals surface area contributed by atoms with Crippen molar-refractivity contribution in [2.24, 2.45) is 0 Å². The normalized spacial score (nSPS) is 12.7. The monoisotopic (exact) mass is 340 g/mol. The van der Waals surface area contributed by atoms with E-state index in [0.29, 0.717) is 6.07 Å². The molecule has 7 nitrogen and oxygen atoms in total. The molecule has 0 aliphatic carbocycles. The molecule has 0 aromatic carbocycles. The molecular weight excluding hydrogens is 329 g/mol. The fourth-order valence-corrected chi connectivity index (χ4v) is 2.42. The van der Waals surface area contributed by atoms with Gasteiger partial charge < -0.3 is 13.7 Å². The van der Waals surface area contributed by atoms with Gasteiger partial charge in [0.15, 0.2) is 5.76 Å². The summed E-state index contributed by atoms with van der Waals surface area (Å²) in [4.78, 5) is 0. The first kappa shape index (κ1) is 16.5. The first-order valence-electron chi connectivity index (χ1n) is 5.87. The standard InChI is InChI=1S/C11H11F3N2O5S/c1-19-5-4-15-22(17,18)10-3-2-8(20-10)7-6-9(21-16-7)11(12,13)14/h2-3,6,15H,4-5H2,1H3. The summed E-state index contributed by atoms with van der Waals surface area (Å²) in [6.07, 6.45) is -4.69. The van der Waals surface area contributed by atoms with Crippen LogP contribution in [-0.2, 0) is 20.9 Å². The van der Waals surface area contributed by atoms with E-state index in [1.165, 1.54) is 13.2 Å². The Kier molecular flexibility index (Phi) is 4.58. The lowest BCUT2D eigenvalue weighted by Crippen LogP contribution is -2.26. The van der Waals surface area contributed by atoms with Crippen LogP contribution in [0, 0.1) is 0 Å². The van der Waals surface area contributed by atoms with Crippen molar-refractivity contribution in [3.05, 3.63) is 24.0 Å². The number of rotatable bonds is 6. The predicted molar refractivity (Wildman–Crippen MR) is 66.3 cm³/mol. The number of aromatic nitrogens is 1. The third kappa shape index (κ3) is 3.67. The number of methoxy groups -OCH3 is 1. The summed E-state index contributed by atoms with van der Waals surface area (Å²) in [5, 5.41) is 2.75. The van der Waals surface area contributed by atoms with E-state index >= 15 is 0 Å². The summed E-state index contributed by atoms with van der Waals surface area (Å²) in [7, 11) is -2.51. The van der Waals surface area contributed by atoms with Crippen LogP contribution in [0.5, 0.6) is 0 Å². The molecule has 0 atom stereocenters. The van der Waals surface area contributed by atoms with Gasteiger partial charge in [0.1, 0.15) is 5.69 Å². The van der Waals surface area contributed by atoms with E-state index in [-0.39, 0.29) is 24.6 Å². The molecule has 0 spiro atoms. The number of halogens is 3. The van der Waals surface area contributed by atoms with E-state index in [9.17, 15) is 21.6 Å². The Labute approximate surface area is 123 Å². The molecule has 1 N–H and O–H groups in total. The molecule has 0 aliphatic heterocycles. The van der Waals surface area contributed by atoms with E-state index in [2.05, 4.69) is 14.4 Å². The fourth-order valence-electron chi connectivity index (χ4n) is 1.48. The number of hydrogen-bond acceptors (Lipinski definition) is 6. The highest BCUT2D eigenvalue weighted by Crippen LogP contribution is 2.32. The third-order valence-electron chi connectivity index (χ3n) is 2.49. The molecule has 0 amide bonds. The highest BCUT2D eigenvalue weighted by Gasteiger charge is 2.36. The van der Waals surface area contributed by atoms with Crippen LogP contribution in [0.2, 0.25) is 0 Å². The lowest BCUT2D eigenvalue weighted by atomic mass is 10.3. The van der Waals surface area contributed by atoms with E-state index < -0.39 is 27.1 Å². The van der Waals surface area contributed by atoms with Crippen LogP contribution in [0.25, 0.3) is 11.5 Å². The first-order chi connectivity index (χ1) is 10.2. The molecule has 0 aliphatic rings. The number of nitrogens with one attached hydrogen (secondary N) is 1. The molecule has 2 heterocycles. The smallest absolute Gasteiger partial charge is 0.441 e. The zero-order valence-corrected chi connectivity index (χ0v) is 12.0. The second kappa shape index (κ2) is 6.10. The van der Waals surface area contributed by atoms with Crippen molar-refractivity contribution < 1.29 is 35.3 Å². The summed E-state index contributed by atoms with van der Waals surface area (Å²) >= 11 is 0. The number of sulfonamides is 1. The number of alkyl halides is 3. The molecule has 2 aromatic heterocycles. The summed E-state index contributed by atoms with van der Waals surface area (Å²) < 4.78 is 76.9. The van der Waals surface area contributed by atoms with Crippen molar-refractivity contribution >= 4 is 10.0 Å². The van der Waals surface area contributed by atoms with Crippen molar-refractivity contribution in [1.82, 2.24) is 9.88 Å². The van der Waals surface area contributed by atoms with Gasteiger partial charge in [0.25, 0.3) is 10.0 Å². The maximum atomic E-state index is 12.4. The lowest BCUT2D eigenvalue weighted by Gasteiger charge is -2.02. The molecule has 0 bridgehead atoms. The summed E-state index contributed by atoms with van der Waals surface area (Å²) in [6.45, 7) is 0.183. The SMILES string of the molecule is COCCNS(=O)(=O)c1ccc(-c2cc(C(F)(F)F)on2)o1. The Bertz CT molecular complexity index is 735. The van der Waals surface area contributed by atoms with Crippen molar-refractivity contribution in [2.45, 2.75) is 11.3 Å². The molecule has 0 radical (unpaired) electrons. The van der Waals surface area contributed by atoms with E-state index in [1.807, 2.05) is 0 Å². The minimum atomic E-state index is -4.69. The molecule has 2 rings (SSSR count). The number of furan rings is 1. The number of ether oxygens (including phenoxy) is 1. The number of hydrogen-bond donors (Lipinski definition) is 1. The van der Waals surface area contributed by atoms with E-state index in [1.54, 1.807) is 0 Å². The average molecular weight is 340 g/mol. The lowest BCUT2D eigenvalue weighted by molar-refractivity contribution is -0.155. The molecule has 0 saturated heterocycles. The minimum absolute atomic E-state index is 0.0249. The van der Waals surface area contributed by atoms with Crippen LogP contribution in [0.1, 0.15) is 5.76 Å². The molecule has 11 heteroatoms. The van der Waals surface area contributed by atoms with E-state index in [4.69, 9.17) is 9.15 Å². The molecule has 122 valence electrons. The van der Waals surface area contributed by atoms with Crippen molar-refractivity contribution in [2.75, 3.05) is 20.3 Å². The highest BCUT2D eigenvalue weighted by molar-refractivity contribution is 7.89. The molecular formula is C11H11F3N2O5S. The van der Waals surface area contributed by atoms with Crippen molar-refractivity contribution in [3.8, 4) is 11.5 Å². The van der Waals surface area contributed by atoms with Gasteiger partial charge in [-0.1, -0.05) is 5.16 Å². The van der Waals surface area contributed by atoms with E-state index in [0.717, 1.165) is 6.07 Å². The van der Waals surface area contributed by atoms with Gasteiger partial charge in [-0.25, -0.2) is 13.1 Å². The first-order valence-corrected chi connectivity index (χ1v) is 7.35. The molecule has 0 unspecified atom stereocenters. The Balaban J connectivity index is 2.19. The van der Waals surface area contributed by atoms with Crippen LogP contribution >= 0.6 is 0 Å². The highest BCUT2D eigenvalue weighted by atomic mass is 32.2. The van der Waals surface area contributed by atoms with Gasteiger partial charge >= 0.3 is 6.18 Å². The quantitative estimate of drug-likeness (QED) is 0.807. The maximum absolute atomic E-state index is 12.4. The van der Waals surface area contributed by atoms with Gasteiger partial charge in [0.05, 0.1) is 6.61 Å². The van der Waals surface area contributed by atoms with Gasteiger partial charge in [-0.05, 0) is 12.1 Å². The summed E-state index contributed by atoms with van der Waals surface area (Å²) in [5.74, 6) is -1.46. The third-order valence-corrected chi connectivity index (χ3v) is 3.82. The Morgan fingerprint density at radius 3 is 2.68 bits per heavy atom. The Hall–Kier alpha value is -1.85. The van der Waals surface area contributed by atoms with Crippen LogP contribution in [0.4, 0.5) is 13.2 Å². The zero-order chi connectivity index (χ0) is 16.4. The Morgan fingerprint density at radius 2 is 2.09 bits per heavy atom. The number of nitrogens with zero attached hydrogens (tertiary/aromatic N) is 1. The van der Waals surface area contributed by atoms with Gasteiger partial charge in [-0.3, -0.25) is 0 Å². The minimum Gasteiger partial charge on any atom is -0.441 e. The largest absolute Gasteiger partial charge is 0.452 e. The summed E-state index contributed by atoms with van der Waals surface area (Å²) in [6, 6.07) is 2.91.